The highest BCUT2D eigenvalue weighted by molar-refractivity contribution is 5.23. The predicted octanol–water partition coefficient (Wildman–Crippen LogP) is 2.78. The summed E-state index contributed by atoms with van der Waals surface area (Å²) in [6, 6.07) is 7.28. The Balaban J connectivity index is 2.42. The Kier molecular flexibility index (Phi) is 2.40. The van der Waals surface area contributed by atoms with E-state index in [2.05, 4.69) is 0 Å². The summed E-state index contributed by atoms with van der Waals surface area (Å²) in [5.41, 5.74) is -0.921. The molecule has 2 aromatic rings. The third kappa shape index (κ3) is 1.97. The average Bonchev–Trinajstić information content (AvgIpc) is 2.73. The molecule has 2 heterocycles. The predicted molar refractivity (Wildman–Crippen MR) is 55.6 cm³/mol. The molecule has 0 bridgehead atoms. The molecule has 0 radical (unpaired) electrons. The van der Waals surface area contributed by atoms with Gasteiger partial charge in [0.1, 0.15) is 17.4 Å². The van der Waals surface area contributed by atoms with Gasteiger partial charge in [-0.2, -0.15) is 0 Å². The molecule has 0 aliphatic heterocycles. The molecule has 0 aliphatic carbocycles. The summed E-state index contributed by atoms with van der Waals surface area (Å²) in [5, 5.41) is 10.1. The summed E-state index contributed by atoms with van der Waals surface area (Å²) < 4.78 is 10.7. The molecule has 2 rings (SSSR count). The molecule has 0 aliphatic rings. The molecule has 3 nitrogen and oxygen atoms in total. The quantitative estimate of drug-likeness (QED) is 0.839. The summed E-state index contributed by atoms with van der Waals surface area (Å²) in [6.07, 6.45) is 3.19. The summed E-state index contributed by atoms with van der Waals surface area (Å²) in [4.78, 5) is 0. The second kappa shape index (κ2) is 3.59. The zero-order valence-electron chi connectivity index (χ0n) is 8.81. The van der Waals surface area contributed by atoms with Gasteiger partial charge < -0.3 is 13.9 Å². The summed E-state index contributed by atoms with van der Waals surface area (Å²) in [5.74, 6) is 1.14. The van der Waals surface area contributed by atoms with Crippen molar-refractivity contribution >= 4 is 0 Å². The molecule has 0 saturated heterocycles. The lowest BCUT2D eigenvalue weighted by Crippen LogP contribution is -2.29. The van der Waals surface area contributed by atoms with Crippen LogP contribution in [0.3, 0.4) is 0 Å². The van der Waals surface area contributed by atoms with E-state index in [0.717, 1.165) is 0 Å². The van der Waals surface area contributed by atoms with Gasteiger partial charge in [-0.15, -0.1) is 0 Å². The zero-order valence-corrected chi connectivity index (χ0v) is 8.81. The van der Waals surface area contributed by atoms with Crippen molar-refractivity contribution in [2.24, 2.45) is 0 Å². The molecular formula is C12H14O3. The highest BCUT2D eigenvalue weighted by Gasteiger charge is 2.34. The normalized spacial score (nSPS) is 12.3. The Morgan fingerprint density at radius 2 is 1.53 bits per heavy atom. The second-order valence-electron chi connectivity index (χ2n) is 4.12. The molecule has 15 heavy (non-hydrogen) atoms. The van der Waals surface area contributed by atoms with E-state index >= 15 is 0 Å². The van der Waals surface area contributed by atoms with Crippen LogP contribution in [0.1, 0.15) is 31.3 Å². The second-order valence-corrected chi connectivity index (χ2v) is 4.12. The summed E-state index contributed by atoms with van der Waals surface area (Å²) in [6.45, 7) is 3.48. The maximum Gasteiger partial charge on any atom is 0.117 e. The fourth-order valence-corrected chi connectivity index (χ4v) is 1.75. The Labute approximate surface area is 88.3 Å². The van der Waals surface area contributed by atoms with Gasteiger partial charge in [0.25, 0.3) is 0 Å². The minimum absolute atomic E-state index is 0.275. The number of rotatable bonds is 3. The number of aliphatic hydroxyl groups is 1. The molecule has 2 aromatic heterocycles. The van der Waals surface area contributed by atoms with Crippen molar-refractivity contribution in [3.05, 3.63) is 48.3 Å². The molecular weight excluding hydrogens is 192 g/mol. The van der Waals surface area contributed by atoms with Crippen molar-refractivity contribution in [2.45, 2.75) is 25.4 Å². The Morgan fingerprint density at radius 3 is 1.80 bits per heavy atom. The first kappa shape index (κ1) is 10.1. The Hall–Kier alpha value is -1.48. The van der Waals surface area contributed by atoms with E-state index < -0.39 is 5.60 Å². The average molecular weight is 206 g/mol. The van der Waals surface area contributed by atoms with E-state index in [-0.39, 0.29) is 5.92 Å². The monoisotopic (exact) mass is 206 g/mol. The number of hydrogen-bond donors (Lipinski definition) is 1. The Morgan fingerprint density at radius 1 is 1.07 bits per heavy atom. The SMILES string of the molecule is CC(C)(O)C(c1ccco1)c1ccco1. The van der Waals surface area contributed by atoms with Crippen LogP contribution < -0.4 is 0 Å². The molecule has 1 N–H and O–H groups in total. The lowest BCUT2D eigenvalue weighted by molar-refractivity contribution is 0.0489. The lowest BCUT2D eigenvalue weighted by atomic mass is 9.87. The molecule has 0 fully saturated rings. The van der Waals surface area contributed by atoms with Gasteiger partial charge >= 0.3 is 0 Å². The summed E-state index contributed by atoms with van der Waals surface area (Å²) in [7, 11) is 0. The molecule has 0 unspecified atom stereocenters. The van der Waals surface area contributed by atoms with Gasteiger partial charge in [-0.25, -0.2) is 0 Å². The van der Waals surface area contributed by atoms with E-state index in [4.69, 9.17) is 8.83 Å². The van der Waals surface area contributed by atoms with Crippen molar-refractivity contribution in [3.63, 3.8) is 0 Å². The fraction of sp³-hybridized carbons (Fsp3) is 0.333. The zero-order chi connectivity index (χ0) is 10.9. The van der Waals surface area contributed by atoms with Crippen LogP contribution in [0.25, 0.3) is 0 Å². The maximum absolute atomic E-state index is 10.1. The third-order valence-electron chi connectivity index (χ3n) is 2.36. The molecule has 80 valence electrons. The van der Waals surface area contributed by atoms with Crippen LogP contribution in [0.15, 0.2) is 45.6 Å². The highest BCUT2D eigenvalue weighted by atomic mass is 16.4. The minimum atomic E-state index is -0.921. The van der Waals surface area contributed by atoms with E-state index in [1.165, 1.54) is 0 Å². The van der Waals surface area contributed by atoms with Gasteiger partial charge in [0.15, 0.2) is 0 Å². The van der Waals surface area contributed by atoms with Crippen LogP contribution in [0.5, 0.6) is 0 Å². The van der Waals surface area contributed by atoms with Gasteiger partial charge in [-0.1, -0.05) is 0 Å². The first-order chi connectivity index (χ1) is 7.09. The summed E-state index contributed by atoms with van der Waals surface area (Å²) >= 11 is 0. The molecule has 0 aromatic carbocycles. The van der Waals surface area contributed by atoms with Crippen LogP contribution >= 0.6 is 0 Å². The van der Waals surface area contributed by atoms with Gasteiger partial charge in [0.2, 0.25) is 0 Å². The minimum Gasteiger partial charge on any atom is -0.468 e. The van der Waals surface area contributed by atoms with Crippen LogP contribution in [0.2, 0.25) is 0 Å². The highest BCUT2D eigenvalue weighted by Crippen LogP contribution is 2.34. The van der Waals surface area contributed by atoms with Crippen LogP contribution in [0, 0.1) is 0 Å². The standard InChI is InChI=1S/C12H14O3/c1-12(2,13)11(9-5-3-7-14-9)10-6-4-8-15-10/h3-8,11,13H,1-2H3. The van der Waals surface area contributed by atoms with E-state index in [9.17, 15) is 5.11 Å². The number of furan rings is 2. The van der Waals surface area contributed by atoms with E-state index in [1.54, 1.807) is 38.5 Å². The van der Waals surface area contributed by atoms with Crippen LogP contribution in [0.4, 0.5) is 0 Å². The van der Waals surface area contributed by atoms with Crippen molar-refractivity contribution in [1.82, 2.24) is 0 Å². The largest absolute Gasteiger partial charge is 0.468 e. The van der Waals surface area contributed by atoms with Crippen LogP contribution in [-0.4, -0.2) is 10.7 Å². The molecule has 0 atom stereocenters. The van der Waals surface area contributed by atoms with Crippen molar-refractivity contribution in [3.8, 4) is 0 Å². The topological polar surface area (TPSA) is 46.5 Å². The van der Waals surface area contributed by atoms with Crippen molar-refractivity contribution in [1.29, 1.82) is 0 Å². The van der Waals surface area contributed by atoms with Gasteiger partial charge in [-0.3, -0.25) is 0 Å². The van der Waals surface area contributed by atoms with Gasteiger partial charge in [0.05, 0.1) is 18.1 Å². The first-order valence-corrected chi connectivity index (χ1v) is 4.88. The van der Waals surface area contributed by atoms with E-state index in [0.29, 0.717) is 11.5 Å². The van der Waals surface area contributed by atoms with Gasteiger partial charge in [0, 0.05) is 0 Å². The van der Waals surface area contributed by atoms with Gasteiger partial charge in [-0.05, 0) is 38.1 Å². The molecule has 3 heteroatoms. The van der Waals surface area contributed by atoms with Crippen molar-refractivity contribution < 1.29 is 13.9 Å². The molecule has 0 spiro atoms. The van der Waals surface area contributed by atoms with E-state index in [1.807, 2.05) is 12.1 Å². The fourth-order valence-electron chi connectivity index (χ4n) is 1.75. The maximum atomic E-state index is 10.1. The number of hydrogen-bond acceptors (Lipinski definition) is 3. The Bertz CT molecular complexity index is 358. The molecule has 0 saturated carbocycles. The molecule has 0 amide bonds. The smallest absolute Gasteiger partial charge is 0.117 e. The lowest BCUT2D eigenvalue weighted by Gasteiger charge is -2.25. The van der Waals surface area contributed by atoms with Crippen LogP contribution in [-0.2, 0) is 0 Å². The first-order valence-electron chi connectivity index (χ1n) is 4.88. The van der Waals surface area contributed by atoms with Crippen molar-refractivity contribution in [2.75, 3.05) is 0 Å². The third-order valence-corrected chi connectivity index (χ3v) is 2.36.